The molecule has 14 nitrogen and oxygen atoms in total. The molecule has 0 saturated carbocycles. The molecule has 38 heavy (non-hydrogen) atoms. The van der Waals surface area contributed by atoms with Crippen molar-refractivity contribution in [3.8, 4) is 0 Å². The van der Waals surface area contributed by atoms with Crippen molar-refractivity contribution < 1.29 is 33.5 Å². The average Bonchev–Trinajstić information content (AvgIpc) is 3.26. The maximum absolute atomic E-state index is 13.0. The Labute approximate surface area is 233 Å². The number of halogens is 1. The minimum absolute atomic E-state index is 0. The van der Waals surface area contributed by atoms with E-state index in [0.29, 0.717) is 13.0 Å². The van der Waals surface area contributed by atoms with Gasteiger partial charge in [0.05, 0.1) is 5.41 Å². The second-order valence-electron chi connectivity index (χ2n) is 9.05. The Hall–Kier alpha value is -2.95. The van der Waals surface area contributed by atoms with Crippen molar-refractivity contribution >= 4 is 70.3 Å². The summed E-state index contributed by atoms with van der Waals surface area (Å²) in [6.07, 6.45) is 2.09. The van der Waals surface area contributed by atoms with Crippen molar-refractivity contribution in [1.29, 1.82) is 0 Å². The number of hydrogen-bond acceptors (Lipinski definition) is 14. The molecule has 2 aliphatic heterocycles. The van der Waals surface area contributed by atoms with E-state index in [1.54, 1.807) is 26.8 Å². The normalized spacial score (nSPS) is 20.8. The molecule has 0 radical (unpaired) electrons. The number of carbonyl (C=O) groups is 4. The van der Waals surface area contributed by atoms with Gasteiger partial charge in [0.2, 0.25) is 18.3 Å². The number of aromatic nitrogens is 2. The van der Waals surface area contributed by atoms with Crippen LogP contribution in [-0.4, -0.2) is 80.3 Å². The van der Waals surface area contributed by atoms with Crippen LogP contribution in [0.4, 0.5) is 5.13 Å². The van der Waals surface area contributed by atoms with E-state index in [1.165, 1.54) is 16.7 Å². The zero-order valence-electron chi connectivity index (χ0n) is 21.2. The predicted molar refractivity (Wildman–Crippen MR) is 142 cm³/mol. The summed E-state index contributed by atoms with van der Waals surface area (Å²) in [6, 6.07) is -0.958. The van der Waals surface area contributed by atoms with Crippen LogP contribution in [0.2, 0.25) is 0 Å². The number of hydrogen-bond donors (Lipinski definition) is 3. The lowest BCUT2D eigenvalue weighted by Gasteiger charge is -2.49. The number of nitrogen functional groups attached to an aromatic ring is 1. The molecule has 1 aromatic heterocycles. The van der Waals surface area contributed by atoms with E-state index in [0.717, 1.165) is 11.5 Å². The number of oxime groups is 1. The lowest BCUT2D eigenvalue weighted by Crippen LogP contribution is -2.71. The van der Waals surface area contributed by atoms with Gasteiger partial charge in [0.1, 0.15) is 23.7 Å². The van der Waals surface area contributed by atoms with E-state index in [1.807, 2.05) is 6.92 Å². The Morgan fingerprint density at radius 2 is 1.97 bits per heavy atom. The van der Waals surface area contributed by atoms with E-state index in [4.69, 9.17) is 25.8 Å². The van der Waals surface area contributed by atoms with Gasteiger partial charge in [-0.05, 0) is 46.7 Å². The van der Waals surface area contributed by atoms with Crippen LogP contribution in [0.1, 0.15) is 39.9 Å². The lowest BCUT2D eigenvalue weighted by atomic mass is 9.98. The second kappa shape index (κ2) is 13.2. The van der Waals surface area contributed by atoms with Crippen molar-refractivity contribution in [2.75, 3.05) is 25.7 Å². The number of ether oxygens (including phenoxy) is 2. The molecule has 210 valence electrons. The zero-order chi connectivity index (χ0) is 27.3. The number of anilines is 1. The highest BCUT2D eigenvalue weighted by molar-refractivity contribution is 8.00. The molecule has 17 heteroatoms. The summed E-state index contributed by atoms with van der Waals surface area (Å²) in [4.78, 5) is 60.9. The fourth-order valence-electron chi connectivity index (χ4n) is 3.13. The first-order valence-electron chi connectivity index (χ1n) is 11.3. The Morgan fingerprint density at radius 1 is 1.26 bits per heavy atom. The fourth-order valence-corrected chi connectivity index (χ4v) is 4.89. The van der Waals surface area contributed by atoms with Gasteiger partial charge in [-0.2, -0.15) is 9.36 Å². The first-order chi connectivity index (χ1) is 17.4. The summed E-state index contributed by atoms with van der Waals surface area (Å²) in [6.45, 7) is 6.78. The van der Waals surface area contributed by atoms with Crippen LogP contribution in [0, 0.1) is 5.41 Å². The summed E-state index contributed by atoms with van der Waals surface area (Å²) in [7, 11) is 0. The third-order valence-electron chi connectivity index (χ3n) is 5.00. The van der Waals surface area contributed by atoms with Crippen LogP contribution in [0.15, 0.2) is 16.9 Å². The summed E-state index contributed by atoms with van der Waals surface area (Å²) in [5.74, 6) is -2.68. The standard InChI is InChI=1S/C21H29N7O7S2.ClH/c1-10-8-11(18(31)33-9-34-19(32)21(2,3)4)28-16(30)13(17(28)36-10)24-15(29)12(26-35-7-5-6-22)14-25-20(23)37-27-14;/h8,10,13,17H,5-7,9,22H2,1-4H3,(H,24,29)(H2,23,25,27);1H/b26-12+;/t10?,13?,17-;/m1./s1. The van der Waals surface area contributed by atoms with E-state index in [2.05, 4.69) is 19.8 Å². The Kier molecular flexibility index (Phi) is 10.9. The number of fused-ring (bicyclic) bond motifs is 1. The molecular weight excluding hydrogens is 562 g/mol. The first kappa shape index (κ1) is 31.3. The Balaban J connectivity index is 0.00000507. The molecule has 0 bridgehead atoms. The molecule has 2 aliphatic rings. The van der Waals surface area contributed by atoms with Gasteiger partial charge in [-0.3, -0.25) is 19.3 Å². The number of rotatable bonds is 10. The van der Waals surface area contributed by atoms with Crippen LogP contribution in [0.25, 0.3) is 0 Å². The summed E-state index contributed by atoms with van der Waals surface area (Å²) >= 11 is 2.24. The number of nitrogens with zero attached hydrogens (tertiary/aromatic N) is 4. The molecule has 3 heterocycles. The van der Waals surface area contributed by atoms with E-state index in [9.17, 15) is 19.2 Å². The van der Waals surface area contributed by atoms with Crippen molar-refractivity contribution in [3.05, 3.63) is 17.6 Å². The molecule has 3 atom stereocenters. The average molecular weight is 592 g/mol. The topological polar surface area (TPSA) is 201 Å². The third kappa shape index (κ3) is 7.33. The highest BCUT2D eigenvalue weighted by atomic mass is 35.5. The summed E-state index contributed by atoms with van der Waals surface area (Å²) in [5.41, 5.74) is 10.1. The maximum Gasteiger partial charge on any atom is 0.357 e. The number of nitrogens with one attached hydrogen (secondary N) is 1. The molecule has 0 aromatic carbocycles. The van der Waals surface area contributed by atoms with Crippen LogP contribution < -0.4 is 16.8 Å². The molecule has 0 aliphatic carbocycles. The Bertz CT molecular complexity index is 1120. The van der Waals surface area contributed by atoms with Gasteiger partial charge >= 0.3 is 11.9 Å². The van der Waals surface area contributed by atoms with Gasteiger partial charge < -0.3 is 31.1 Å². The van der Waals surface area contributed by atoms with Gasteiger partial charge in [0.15, 0.2) is 5.13 Å². The second-order valence-corrected chi connectivity index (χ2v) is 11.3. The van der Waals surface area contributed by atoms with Crippen LogP contribution in [0.5, 0.6) is 0 Å². The highest BCUT2D eigenvalue weighted by Crippen LogP contribution is 2.41. The number of thioether (sulfide) groups is 1. The molecule has 2 unspecified atom stereocenters. The molecule has 3 rings (SSSR count). The van der Waals surface area contributed by atoms with Crippen LogP contribution in [-0.2, 0) is 33.5 Å². The van der Waals surface area contributed by atoms with Crippen molar-refractivity contribution in [3.63, 3.8) is 0 Å². The number of amides is 2. The van der Waals surface area contributed by atoms with Gasteiger partial charge in [0.25, 0.3) is 11.8 Å². The molecule has 1 aromatic rings. The highest BCUT2D eigenvalue weighted by Gasteiger charge is 2.54. The van der Waals surface area contributed by atoms with Gasteiger partial charge in [-0.1, -0.05) is 5.16 Å². The zero-order valence-corrected chi connectivity index (χ0v) is 23.6. The van der Waals surface area contributed by atoms with E-state index >= 15 is 0 Å². The molecular formula is C21H30ClN7O7S2. The predicted octanol–water partition coefficient (Wildman–Crippen LogP) is 0.374. The fraction of sp³-hybridized carbons (Fsp3) is 0.571. The van der Waals surface area contributed by atoms with Crippen LogP contribution >= 0.6 is 35.7 Å². The molecule has 5 N–H and O–H groups in total. The lowest BCUT2D eigenvalue weighted by molar-refractivity contribution is -0.173. The number of β-lactam (4-membered cyclic amide) rings is 1. The largest absolute Gasteiger partial charge is 0.427 e. The van der Waals surface area contributed by atoms with E-state index < -0.39 is 47.4 Å². The SMILES string of the molecule is CC1C=C(C(=O)OCOC(=O)C(C)(C)C)N2C(=O)C(NC(=O)/C(=N/OCCCN)c3nsc(N)n3)[C@H]2S1.Cl. The van der Waals surface area contributed by atoms with Crippen molar-refractivity contribution in [2.45, 2.75) is 50.8 Å². The van der Waals surface area contributed by atoms with Gasteiger partial charge in [0, 0.05) is 16.8 Å². The van der Waals surface area contributed by atoms with Gasteiger partial charge in [-0.25, -0.2) is 4.79 Å². The minimum atomic E-state index is -0.958. The Morgan fingerprint density at radius 3 is 2.58 bits per heavy atom. The number of esters is 2. The smallest absolute Gasteiger partial charge is 0.357 e. The van der Waals surface area contributed by atoms with Crippen molar-refractivity contribution in [1.82, 2.24) is 19.6 Å². The number of nitrogens with two attached hydrogens (primary N) is 2. The van der Waals surface area contributed by atoms with E-state index in [-0.39, 0.29) is 46.6 Å². The van der Waals surface area contributed by atoms with Crippen LogP contribution in [0.3, 0.4) is 0 Å². The van der Waals surface area contributed by atoms with Gasteiger partial charge in [-0.15, -0.1) is 24.2 Å². The molecule has 0 spiro atoms. The molecule has 1 fully saturated rings. The molecule has 1 saturated heterocycles. The third-order valence-corrected chi connectivity index (χ3v) is 6.87. The number of carbonyl (C=O) groups excluding carboxylic acids is 4. The summed E-state index contributed by atoms with van der Waals surface area (Å²) in [5, 5.41) is 5.81. The minimum Gasteiger partial charge on any atom is -0.427 e. The molecule has 2 amide bonds. The quantitative estimate of drug-likeness (QED) is 0.0844. The summed E-state index contributed by atoms with van der Waals surface area (Å²) < 4.78 is 14.0. The van der Waals surface area contributed by atoms with Crippen molar-refractivity contribution in [2.24, 2.45) is 16.3 Å². The monoisotopic (exact) mass is 591 g/mol. The maximum atomic E-state index is 13.0. The first-order valence-corrected chi connectivity index (χ1v) is 13.0.